The second kappa shape index (κ2) is 2.66. The predicted octanol–water partition coefficient (Wildman–Crippen LogP) is 1.65. The van der Waals surface area contributed by atoms with Gasteiger partial charge in [0.05, 0.1) is 12.2 Å². The normalized spacial score (nSPS) is 15.3. The van der Waals surface area contributed by atoms with Crippen molar-refractivity contribution in [1.82, 2.24) is 0 Å². The second-order valence-corrected chi connectivity index (χ2v) is 2.88. The Balaban J connectivity index is 2.47. The number of hydrogen-bond acceptors (Lipinski definition) is 2. The van der Waals surface area contributed by atoms with Crippen LogP contribution in [0.15, 0.2) is 18.2 Å². The first-order chi connectivity index (χ1) is 5.77. The van der Waals surface area contributed by atoms with Gasteiger partial charge in [0.15, 0.2) is 0 Å². The molecule has 0 spiro atoms. The van der Waals surface area contributed by atoms with Crippen molar-refractivity contribution in [3.8, 4) is 5.75 Å². The topological polar surface area (TPSA) is 12.5 Å². The minimum absolute atomic E-state index is 0.217. The van der Waals surface area contributed by atoms with Crippen LogP contribution in [0.1, 0.15) is 0 Å². The lowest BCUT2D eigenvalue weighted by Gasteiger charge is -2.27. The maximum absolute atomic E-state index is 12.8. The Hall–Kier alpha value is -1.25. The zero-order valence-electron chi connectivity index (χ0n) is 6.88. The van der Waals surface area contributed by atoms with Crippen LogP contribution in [0, 0.1) is 5.82 Å². The smallest absolute Gasteiger partial charge is 0.142 e. The largest absolute Gasteiger partial charge is 0.490 e. The average molecular weight is 167 g/mol. The first-order valence-corrected chi connectivity index (χ1v) is 3.91. The van der Waals surface area contributed by atoms with E-state index in [0.717, 1.165) is 18.0 Å². The lowest BCUT2D eigenvalue weighted by atomic mass is 10.2. The van der Waals surface area contributed by atoms with Crippen molar-refractivity contribution in [2.75, 3.05) is 25.1 Å². The Kier molecular flexibility index (Phi) is 1.64. The summed E-state index contributed by atoms with van der Waals surface area (Å²) in [6.07, 6.45) is 0. The highest BCUT2D eigenvalue weighted by atomic mass is 19.1. The van der Waals surface area contributed by atoms with Crippen molar-refractivity contribution in [3.63, 3.8) is 0 Å². The second-order valence-electron chi connectivity index (χ2n) is 2.88. The molecule has 64 valence electrons. The third-order valence-corrected chi connectivity index (χ3v) is 2.02. The number of rotatable bonds is 0. The summed E-state index contributed by atoms with van der Waals surface area (Å²) in [5.41, 5.74) is 0.834. The zero-order chi connectivity index (χ0) is 8.55. The van der Waals surface area contributed by atoms with E-state index in [4.69, 9.17) is 4.74 Å². The van der Waals surface area contributed by atoms with Gasteiger partial charge in [-0.2, -0.15) is 0 Å². The molecule has 0 N–H and O–H groups in total. The maximum Gasteiger partial charge on any atom is 0.142 e. The SMILES string of the molecule is CN1CCOc2ccc(F)cc21. The summed E-state index contributed by atoms with van der Waals surface area (Å²) in [6.45, 7) is 1.49. The molecule has 0 saturated heterocycles. The van der Waals surface area contributed by atoms with E-state index in [1.54, 1.807) is 6.07 Å². The molecule has 0 unspecified atom stereocenters. The molecule has 12 heavy (non-hydrogen) atoms. The Labute approximate surface area is 70.6 Å². The number of benzene rings is 1. The third kappa shape index (κ3) is 1.11. The van der Waals surface area contributed by atoms with Gasteiger partial charge in [-0.25, -0.2) is 4.39 Å². The van der Waals surface area contributed by atoms with E-state index in [1.165, 1.54) is 12.1 Å². The minimum Gasteiger partial charge on any atom is -0.490 e. The lowest BCUT2D eigenvalue weighted by molar-refractivity contribution is 0.310. The fourth-order valence-electron chi connectivity index (χ4n) is 1.32. The fraction of sp³-hybridized carbons (Fsp3) is 0.333. The molecular weight excluding hydrogens is 157 g/mol. The van der Waals surface area contributed by atoms with Crippen molar-refractivity contribution < 1.29 is 9.13 Å². The number of halogens is 1. The van der Waals surface area contributed by atoms with Crippen molar-refractivity contribution in [3.05, 3.63) is 24.0 Å². The Morgan fingerprint density at radius 1 is 1.50 bits per heavy atom. The number of likely N-dealkylation sites (N-methyl/N-ethyl adjacent to an activating group) is 1. The van der Waals surface area contributed by atoms with Crippen LogP contribution in [0.5, 0.6) is 5.75 Å². The van der Waals surface area contributed by atoms with Crippen molar-refractivity contribution in [2.24, 2.45) is 0 Å². The zero-order valence-corrected chi connectivity index (χ0v) is 6.88. The van der Waals surface area contributed by atoms with E-state index in [1.807, 2.05) is 11.9 Å². The number of anilines is 1. The van der Waals surface area contributed by atoms with Crippen molar-refractivity contribution >= 4 is 5.69 Å². The Bertz CT molecular complexity index is 301. The van der Waals surface area contributed by atoms with Crippen LogP contribution < -0.4 is 9.64 Å². The van der Waals surface area contributed by atoms with Crippen LogP contribution in [0.25, 0.3) is 0 Å². The van der Waals surface area contributed by atoms with E-state index < -0.39 is 0 Å². The van der Waals surface area contributed by atoms with Crippen LogP contribution >= 0.6 is 0 Å². The quantitative estimate of drug-likeness (QED) is 0.582. The van der Waals surface area contributed by atoms with E-state index >= 15 is 0 Å². The van der Waals surface area contributed by atoms with Gasteiger partial charge in [0.25, 0.3) is 0 Å². The average Bonchev–Trinajstić information content (AvgIpc) is 2.07. The van der Waals surface area contributed by atoms with Crippen molar-refractivity contribution in [2.45, 2.75) is 0 Å². The monoisotopic (exact) mass is 167 g/mol. The van der Waals surface area contributed by atoms with E-state index in [9.17, 15) is 4.39 Å². The molecule has 0 aromatic heterocycles. The summed E-state index contributed by atoms with van der Waals surface area (Å²) in [5, 5.41) is 0. The summed E-state index contributed by atoms with van der Waals surface area (Å²) in [6, 6.07) is 4.58. The highest BCUT2D eigenvalue weighted by Gasteiger charge is 2.14. The molecule has 0 radical (unpaired) electrons. The fourth-order valence-corrected chi connectivity index (χ4v) is 1.32. The number of ether oxygens (including phenoxy) is 1. The van der Waals surface area contributed by atoms with E-state index in [2.05, 4.69) is 0 Å². The number of nitrogens with zero attached hydrogens (tertiary/aromatic N) is 1. The van der Waals surface area contributed by atoms with Gasteiger partial charge < -0.3 is 9.64 Å². The van der Waals surface area contributed by atoms with Crippen LogP contribution in [0.3, 0.4) is 0 Å². The standard InChI is InChI=1S/C9H10FNO/c1-11-4-5-12-9-3-2-7(10)6-8(9)11/h2-3,6H,4-5H2,1H3. The van der Waals surface area contributed by atoms with Gasteiger partial charge in [0.2, 0.25) is 0 Å². The molecule has 2 rings (SSSR count). The van der Waals surface area contributed by atoms with Crippen LogP contribution in [-0.4, -0.2) is 20.2 Å². The summed E-state index contributed by atoms with van der Waals surface area (Å²) in [4.78, 5) is 1.99. The molecular formula is C9H10FNO. The Morgan fingerprint density at radius 3 is 3.17 bits per heavy atom. The molecule has 1 heterocycles. The molecule has 1 aromatic carbocycles. The Morgan fingerprint density at radius 2 is 2.33 bits per heavy atom. The van der Waals surface area contributed by atoms with Gasteiger partial charge in [-0.3, -0.25) is 0 Å². The van der Waals surface area contributed by atoms with E-state index in [-0.39, 0.29) is 5.82 Å². The molecule has 1 aliphatic heterocycles. The van der Waals surface area contributed by atoms with Gasteiger partial charge in [-0.05, 0) is 12.1 Å². The first-order valence-electron chi connectivity index (χ1n) is 3.91. The molecule has 0 saturated carbocycles. The number of hydrogen-bond donors (Lipinski definition) is 0. The van der Waals surface area contributed by atoms with Crippen LogP contribution in [0.2, 0.25) is 0 Å². The molecule has 0 fully saturated rings. The van der Waals surface area contributed by atoms with E-state index in [0.29, 0.717) is 6.61 Å². The summed E-state index contributed by atoms with van der Waals surface area (Å²) >= 11 is 0. The summed E-state index contributed by atoms with van der Waals surface area (Å²) in [7, 11) is 1.93. The highest BCUT2D eigenvalue weighted by Crippen LogP contribution is 2.30. The highest BCUT2D eigenvalue weighted by molar-refractivity contribution is 5.59. The minimum atomic E-state index is -0.217. The van der Waals surface area contributed by atoms with Gasteiger partial charge >= 0.3 is 0 Å². The third-order valence-electron chi connectivity index (χ3n) is 2.02. The molecule has 0 atom stereocenters. The van der Waals surface area contributed by atoms with Crippen LogP contribution in [-0.2, 0) is 0 Å². The molecule has 0 aliphatic carbocycles. The molecule has 3 heteroatoms. The summed E-state index contributed by atoms with van der Waals surface area (Å²) in [5.74, 6) is 0.552. The molecule has 0 bridgehead atoms. The molecule has 2 nitrogen and oxygen atoms in total. The number of fused-ring (bicyclic) bond motifs is 1. The molecule has 0 amide bonds. The summed E-state index contributed by atoms with van der Waals surface area (Å²) < 4.78 is 18.1. The molecule has 1 aromatic rings. The maximum atomic E-state index is 12.8. The van der Waals surface area contributed by atoms with Crippen LogP contribution in [0.4, 0.5) is 10.1 Å². The van der Waals surface area contributed by atoms with Gasteiger partial charge in [0.1, 0.15) is 18.2 Å². The van der Waals surface area contributed by atoms with Crippen molar-refractivity contribution in [1.29, 1.82) is 0 Å². The molecule has 1 aliphatic rings. The van der Waals surface area contributed by atoms with Gasteiger partial charge in [0, 0.05) is 13.1 Å². The first kappa shape index (κ1) is 7.40. The van der Waals surface area contributed by atoms with Gasteiger partial charge in [-0.15, -0.1) is 0 Å². The van der Waals surface area contributed by atoms with Gasteiger partial charge in [-0.1, -0.05) is 0 Å². The predicted molar refractivity (Wildman–Crippen MR) is 45.2 cm³/mol. The lowest BCUT2D eigenvalue weighted by Crippen LogP contribution is -2.28.